The van der Waals surface area contributed by atoms with Gasteiger partial charge in [-0.25, -0.2) is 8.42 Å². The summed E-state index contributed by atoms with van der Waals surface area (Å²) < 4.78 is 26.7. The van der Waals surface area contributed by atoms with E-state index in [1.165, 1.54) is 12.1 Å². The van der Waals surface area contributed by atoms with E-state index in [0.717, 1.165) is 0 Å². The van der Waals surface area contributed by atoms with Gasteiger partial charge in [-0.3, -0.25) is 4.72 Å². The molecule has 0 spiro atoms. The molecule has 5 heteroatoms. The first-order chi connectivity index (χ1) is 8.99. The highest BCUT2D eigenvalue weighted by Crippen LogP contribution is 2.18. The predicted molar refractivity (Wildman–Crippen MR) is 74.3 cm³/mol. The maximum Gasteiger partial charge on any atom is 0.261 e. The van der Waals surface area contributed by atoms with Crippen LogP contribution in [0.3, 0.4) is 0 Å². The Hall–Kier alpha value is -1.85. The lowest BCUT2D eigenvalue weighted by molar-refractivity contribution is 0.199. The second-order valence-electron chi connectivity index (χ2n) is 4.22. The summed E-state index contributed by atoms with van der Waals surface area (Å²) in [7, 11) is -3.59. The number of hydrogen-bond acceptors (Lipinski definition) is 3. The average molecular weight is 277 g/mol. The average Bonchev–Trinajstić information content (AvgIpc) is 2.39. The van der Waals surface area contributed by atoms with Crippen LogP contribution in [-0.4, -0.2) is 13.5 Å². The second-order valence-corrected chi connectivity index (χ2v) is 5.90. The molecule has 0 aromatic heterocycles. The molecule has 0 saturated carbocycles. The normalized spacial score (nSPS) is 12.9. The summed E-state index contributed by atoms with van der Waals surface area (Å²) in [5.41, 5.74) is 1.20. The van der Waals surface area contributed by atoms with Crippen LogP contribution < -0.4 is 4.72 Å². The van der Waals surface area contributed by atoms with Gasteiger partial charge in [0.15, 0.2) is 0 Å². The van der Waals surface area contributed by atoms with Crippen molar-refractivity contribution in [1.29, 1.82) is 0 Å². The lowest BCUT2D eigenvalue weighted by atomic mass is 10.1. The molecular formula is C14H15NO3S. The molecule has 0 amide bonds. The van der Waals surface area contributed by atoms with Gasteiger partial charge >= 0.3 is 0 Å². The third-order valence-electron chi connectivity index (χ3n) is 2.70. The smallest absolute Gasteiger partial charge is 0.261 e. The maximum absolute atomic E-state index is 12.1. The molecule has 1 atom stereocenters. The Kier molecular flexibility index (Phi) is 3.87. The molecule has 4 nitrogen and oxygen atoms in total. The minimum Gasteiger partial charge on any atom is -0.389 e. The number of aliphatic hydroxyl groups excluding tert-OH is 1. The van der Waals surface area contributed by atoms with Gasteiger partial charge in [-0.15, -0.1) is 0 Å². The van der Waals surface area contributed by atoms with E-state index in [-0.39, 0.29) is 4.90 Å². The van der Waals surface area contributed by atoms with Crippen LogP contribution in [0.4, 0.5) is 5.69 Å². The lowest BCUT2D eigenvalue weighted by Crippen LogP contribution is -2.12. The molecule has 0 aliphatic heterocycles. The first kappa shape index (κ1) is 13.6. The Labute approximate surface area is 112 Å². The molecular weight excluding hydrogens is 262 g/mol. The van der Waals surface area contributed by atoms with E-state index in [1.807, 2.05) is 6.07 Å². The molecule has 0 saturated heterocycles. The van der Waals surface area contributed by atoms with Crippen LogP contribution in [0, 0.1) is 0 Å². The number of benzene rings is 2. The van der Waals surface area contributed by atoms with E-state index in [9.17, 15) is 13.5 Å². The summed E-state index contributed by atoms with van der Waals surface area (Å²) in [6.45, 7) is 1.63. The van der Waals surface area contributed by atoms with Gasteiger partial charge < -0.3 is 5.11 Å². The Bertz CT molecular complexity index is 634. The predicted octanol–water partition coefficient (Wildman–Crippen LogP) is 2.54. The summed E-state index contributed by atoms with van der Waals surface area (Å²) in [5, 5.41) is 9.39. The topological polar surface area (TPSA) is 66.4 Å². The molecule has 19 heavy (non-hydrogen) atoms. The molecule has 2 rings (SSSR count). The van der Waals surface area contributed by atoms with Gasteiger partial charge in [0.25, 0.3) is 10.0 Å². The van der Waals surface area contributed by atoms with Gasteiger partial charge in [-0.2, -0.15) is 0 Å². The summed E-state index contributed by atoms with van der Waals surface area (Å²) in [6.07, 6.45) is -0.612. The molecule has 2 aromatic rings. The van der Waals surface area contributed by atoms with Crippen LogP contribution in [0.2, 0.25) is 0 Å². The highest BCUT2D eigenvalue weighted by molar-refractivity contribution is 7.92. The van der Waals surface area contributed by atoms with E-state index in [1.54, 1.807) is 43.3 Å². The van der Waals surface area contributed by atoms with E-state index in [4.69, 9.17) is 0 Å². The van der Waals surface area contributed by atoms with Crippen LogP contribution >= 0.6 is 0 Å². The fraction of sp³-hybridized carbons (Fsp3) is 0.143. The van der Waals surface area contributed by atoms with Crippen LogP contribution in [0.15, 0.2) is 59.5 Å². The molecule has 0 radical (unpaired) electrons. The van der Waals surface area contributed by atoms with E-state index in [0.29, 0.717) is 11.3 Å². The van der Waals surface area contributed by atoms with Crippen molar-refractivity contribution in [2.75, 3.05) is 4.72 Å². The van der Waals surface area contributed by atoms with E-state index < -0.39 is 16.1 Å². The van der Waals surface area contributed by atoms with E-state index in [2.05, 4.69) is 4.72 Å². The second kappa shape index (κ2) is 5.42. The summed E-state index contributed by atoms with van der Waals surface area (Å²) in [6, 6.07) is 14.9. The number of anilines is 1. The zero-order valence-electron chi connectivity index (χ0n) is 10.4. The van der Waals surface area contributed by atoms with Crippen LogP contribution in [-0.2, 0) is 10.0 Å². The number of rotatable bonds is 4. The first-order valence-electron chi connectivity index (χ1n) is 5.85. The van der Waals surface area contributed by atoms with Gasteiger partial charge in [0.2, 0.25) is 0 Å². The first-order valence-corrected chi connectivity index (χ1v) is 7.33. The molecule has 0 aliphatic carbocycles. The van der Waals surface area contributed by atoms with E-state index >= 15 is 0 Å². The third kappa shape index (κ3) is 3.33. The molecule has 2 aromatic carbocycles. The monoisotopic (exact) mass is 277 g/mol. The number of hydrogen-bond donors (Lipinski definition) is 2. The Balaban J connectivity index is 2.25. The number of para-hydroxylation sites is 1. The maximum atomic E-state index is 12.1. The number of nitrogens with one attached hydrogen (secondary N) is 1. The molecule has 0 bridgehead atoms. The zero-order chi connectivity index (χ0) is 13.9. The molecule has 1 unspecified atom stereocenters. The summed E-state index contributed by atoms with van der Waals surface area (Å²) in [4.78, 5) is 0.167. The lowest BCUT2D eigenvalue weighted by Gasteiger charge is -2.09. The number of sulfonamides is 1. The SMILES string of the molecule is CC(O)c1ccc(S(=O)(=O)Nc2ccccc2)cc1. The van der Waals surface area contributed by atoms with Gasteiger partial charge in [0.1, 0.15) is 0 Å². The minimum atomic E-state index is -3.59. The van der Waals surface area contributed by atoms with Gasteiger partial charge in [0.05, 0.1) is 11.0 Å². The Morgan fingerprint density at radius 3 is 2.11 bits per heavy atom. The van der Waals surface area contributed by atoms with Crippen LogP contribution in [0.25, 0.3) is 0 Å². The quantitative estimate of drug-likeness (QED) is 0.902. The fourth-order valence-corrected chi connectivity index (χ4v) is 2.70. The summed E-state index contributed by atoms with van der Waals surface area (Å²) >= 11 is 0. The van der Waals surface area contributed by atoms with Crippen molar-refractivity contribution < 1.29 is 13.5 Å². The number of aliphatic hydroxyl groups is 1. The molecule has 0 fully saturated rings. The van der Waals surface area contributed by atoms with Crippen molar-refractivity contribution in [1.82, 2.24) is 0 Å². The zero-order valence-corrected chi connectivity index (χ0v) is 11.3. The van der Waals surface area contributed by atoms with Crippen molar-refractivity contribution in [2.45, 2.75) is 17.9 Å². The Morgan fingerprint density at radius 2 is 1.58 bits per heavy atom. The van der Waals surface area contributed by atoms with Crippen molar-refractivity contribution in [3.63, 3.8) is 0 Å². The van der Waals surface area contributed by atoms with Crippen LogP contribution in [0.1, 0.15) is 18.6 Å². The van der Waals surface area contributed by atoms with Crippen molar-refractivity contribution in [2.24, 2.45) is 0 Å². The summed E-state index contributed by atoms with van der Waals surface area (Å²) in [5.74, 6) is 0. The van der Waals surface area contributed by atoms with Crippen LogP contribution in [0.5, 0.6) is 0 Å². The van der Waals surface area contributed by atoms with Crippen molar-refractivity contribution >= 4 is 15.7 Å². The minimum absolute atomic E-state index is 0.167. The highest BCUT2D eigenvalue weighted by atomic mass is 32.2. The fourth-order valence-electron chi connectivity index (χ4n) is 1.65. The van der Waals surface area contributed by atoms with Crippen molar-refractivity contribution in [3.8, 4) is 0 Å². The van der Waals surface area contributed by atoms with Gasteiger partial charge in [-0.05, 0) is 36.8 Å². The van der Waals surface area contributed by atoms with Gasteiger partial charge in [-0.1, -0.05) is 30.3 Å². The Morgan fingerprint density at radius 1 is 1.00 bits per heavy atom. The molecule has 0 aliphatic rings. The highest BCUT2D eigenvalue weighted by Gasteiger charge is 2.14. The largest absolute Gasteiger partial charge is 0.389 e. The van der Waals surface area contributed by atoms with Crippen molar-refractivity contribution in [3.05, 3.63) is 60.2 Å². The molecule has 0 heterocycles. The molecule has 100 valence electrons. The third-order valence-corrected chi connectivity index (χ3v) is 4.10. The molecule has 2 N–H and O–H groups in total. The standard InChI is InChI=1S/C14H15NO3S/c1-11(16)12-7-9-14(10-8-12)19(17,18)15-13-5-3-2-4-6-13/h2-11,15-16H,1H3. The van der Waals surface area contributed by atoms with Gasteiger partial charge in [0, 0.05) is 5.69 Å².